The highest BCUT2D eigenvalue weighted by Gasteiger charge is 2.38. The third-order valence-corrected chi connectivity index (χ3v) is 7.08. The van der Waals surface area contributed by atoms with Gasteiger partial charge in [0.05, 0.1) is 18.0 Å². The van der Waals surface area contributed by atoms with Gasteiger partial charge >= 0.3 is 5.97 Å². The molecule has 2 aromatic carbocycles. The Balaban J connectivity index is 1.93. The number of carbonyl (C=O) groups is 1. The normalized spacial score (nSPS) is 21.0. The van der Waals surface area contributed by atoms with Crippen LogP contribution >= 0.6 is 0 Å². The van der Waals surface area contributed by atoms with Crippen LogP contribution < -0.4 is 0 Å². The molecule has 1 aliphatic rings. The summed E-state index contributed by atoms with van der Waals surface area (Å²) in [6.07, 6.45) is 1.56. The maximum atomic E-state index is 13.3. The van der Waals surface area contributed by atoms with Gasteiger partial charge in [-0.1, -0.05) is 48.0 Å². The fourth-order valence-corrected chi connectivity index (χ4v) is 5.27. The molecule has 1 heterocycles. The Morgan fingerprint density at radius 3 is 2.41 bits per heavy atom. The van der Waals surface area contributed by atoms with Crippen LogP contribution in [0, 0.1) is 12.8 Å². The number of piperidine rings is 1. The van der Waals surface area contributed by atoms with Gasteiger partial charge in [0.1, 0.15) is 0 Å². The quantitative estimate of drug-likeness (QED) is 0.734. The highest BCUT2D eigenvalue weighted by molar-refractivity contribution is 7.89. The molecule has 0 N–H and O–H groups in total. The van der Waals surface area contributed by atoms with E-state index in [9.17, 15) is 13.2 Å². The van der Waals surface area contributed by atoms with Crippen LogP contribution in [0.1, 0.15) is 36.4 Å². The molecule has 0 radical (unpaired) electrons. The molecule has 144 valence electrons. The lowest BCUT2D eigenvalue weighted by molar-refractivity contribution is -0.142. The fourth-order valence-electron chi connectivity index (χ4n) is 3.63. The van der Waals surface area contributed by atoms with E-state index in [0.29, 0.717) is 30.7 Å². The molecule has 3 rings (SSSR count). The molecule has 0 bridgehead atoms. The fraction of sp³-hybridized carbons (Fsp3) is 0.381. The predicted molar refractivity (Wildman–Crippen MR) is 104 cm³/mol. The Morgan fingerprint density at radius 1 is 1.11 bits per heavy atom. The molecule has 1 aliphatic heterocycles. The first-order valence-corrected chi connectivity index (χ1v) is 10.6. The number of sulfonamides is 1. The van der Waals surface area contributed by atoms with Crippen molar-refractivity contribution in [1.29, 1.82) is 0 Å². The van der Waals surface area contributed by atoms with Gasteiger partial charge < -0.3 is 4.74 Å². The second-order valence-electron chi connectivity index (χ2n) is 7.03. The van der Waals surface area contributed by atoms with Gasteiger partial charge in [0, 0.05) is 13.0 Å². The molecule has 1 saturated heterocycles. The van der Waals surface area contributed by atoms with Crippen molar-refractivity contribution in [2.75, 3.05) is 13.7 Å². The Morgan fingerprint density at radius 2 is 1.78 bits per heavy atom. The third kappa shape index (κ3) is 4.39. The van der Waals surface area contributed by atoms with Crippen LogP contribution in [0.5, 0.6) is 0 Å². The molecule has 0 amide bonds. The number of hydrogen-bond donors (Lipinski definition) is 0. The van der Waals surface area contributed by atoms with E-state index in [1.165, 1.54) is 7.11 Å². The van der Waals surface area contributed by atoms with Crippen molar-refractivity contribution in [3.05, 3.63) is 65.7 Å². The molecular weight excluding hydrogens is 362 g/mol. The van der Waals surface area contributed by atoms with Crippen LogP contribution in [0.15, 0.2) is 59.5 Å². The highest BCUT2D eigenvalue weighted by atomic mass is 32.2. The van der Waals surface area contributed by atoms with E-state index >= 15 is 0 Å². The summed E-state index contributed by atoms with van der Waals surface area (Å²) in [4.78, 5) is 12.0. The van der Waals surface area contributed by atoms with E-state index < -0.39 is 10.0 Å². The van der Waals surface area contributed by atoms with Crippen molar-refractivity contribution in [1.82, 2.24) is 4.31 Å². The van der Waals surface area contributed by atoms with Crippen molar-refractivity contribution in [2.45, 2.75) is 37.1 Å². The number of esters is 1. The number of nitrogens with zero attached hydrogens (tertiary/aromatic N) is 1. The Labute approximate surface area is 161 Å². The summed E-state index contributed by atoms with van der Waals surface area (Å²) in [5.41, 5.74) is 1.97. The van der Waals surface area contributed by atoms with E-state index in [4.69, 9.17) is 4.74 Å². The average Bonchev–Trinajstić information content (AvgIpc) is 2.68. The van der Waals surface area contributed by atoms with Crippen molar-refractivity contribution in [3.8, 4) is 0 Å². The molecule has 5 nitrogen and oxygen atoms in total. The van der Waals surface area contributed by atoms with Gasteiger partial charge in [-0.2, -0.15) is 4.31 Å². The average molecular weight is 388 g/mol. The first-order chi connectivity index (χ1) is 12.9. The van der Waals surface area contributed by atoms with Gasteiger partial charge in [0.25, 0.3) is 0 Å². The zero-order valence-electron chi connectivity index (χ0n) is 15.7. The monoisotopic (exact) mass is 387 g/mol. The van der Waals surface area contributed by atoms with Crippen molar-refractivity contribution in [3.63, 3.8) is 0 Å². The lowest BCUT2D eigenvalue weighted by Gasteiger charge is -2.38. The maximum Gasteiger partial charge on any atom is 0.305 e. The molecule has 0 aliphatic carbocycles. The molecule has 0 spiro atoms. The summed E-state index contributed by atoms with van der Waals surface area (Å²) in [7, 11) is -2.23. The molecule has 0 saturated carbocycles. The van der Waals surface area contributed by atoms with Gasteiger partial charge in [-0.25, -0.2) is 8.42 Å². The van der Waals surface area contributed by atoms with Crippen LogP contribution in [0.4, 0.5) is 0 Å². The van der Waals surface area contributed by atoms with Crippen LogP contribution in [-0.2, 0) is 19.6 Å². The van der Waals surface area contributed by atoms with E-state index in [1.807, 2.05) is 49.4 Å². The first-order valence-electron chi connectivity index (χ1n) is 9.12. The molecule has 0 unspecified atom stereocenters. The van der Waals surface area contributed by atoms with E-state index in [-0.39, 0.29) is 17.9 Å². The van der Waals surface area contributed by atoms with Gasteiger partial charge in [-0.3, -0.25) is 4.79 Å². The van der Waals surface area contributed by atoms with Gasteiger partial charge in [-0.05, 0) is 43.4 Å². The molecule has 2 atom stereocenters. The van der Waals surface area contributed by atoms with Crippen LogP contribution in [0.25, 0.3) is 0 Å². The number of hydrogen-bond acceptors (Lipinski definition) is 4. The molecular formula is C21H25NO4S. The van der Waals surface area contributed by atoms with Gasteiger partial charge in [0.15, 0.2) is 0 Å². The lowest BCUT2D eigenvalue weighted by atomic mass is 9.87. The third-order valence-electron chi connectivity index (χ3n) is 5.16. The summed E-state index contributed by atoms with van der Waals surface area (Å²) >= 11 is 0. The molecule has 2 aromatic rings. The van der Waals surface area contributed by atoms with Crippen molar-refractivity contribution in [2.24, 2.45) is 5.92 Å². The van der Waals surface area contributed by atoms with Crippen LogP contribution in [-0.4, -0.2) is 32.3 Å². The predicted octanol–water partition coefficient (Wildman–Crippen LogP) is 3.70. The summed E-state index contributed by atoms with van der Waals surface area (Å²) in [6, 6.07) is 16.3. The topological polar surface area (TPSA) is 63.7 Å². The number of ether oxygens (including phenoxy) is 1. The van der Waals surface area contributed by atoms with Crippen LogP contribution in [0.3, 0.4) is 0 Å². The second kappa shape index (κ2) is 8.23. The standard InChI is InChI=1S/C21H25NO4S/c1-16-8-10-19(11-9-16)27(24,25)22-13-12-17(15-21(23)26-2)14-20(22)18-6-4-3-5-7-18/h3-11,17,20H,12-15H2,1-2H3/t17-,20+/m0/s1. The summed E-state index contributed by atoms with van der Waals surface area (Å²) in [5, 5.41) is 0. The number of carbonyl (C=O) groups excluding carboxylic acids is 1. The highest BCUT2D eigenvalue weighted by Crippen LogP contribution is 2.39. The zero-order valence-corrected chi connectivity index (χ0v) is 16.5. The number of aryl methyl sites for hydroxylation is 1. The minimum atomic E-state index is -3.62. The Kier molecular flexibility index (Phi) is 5.97. The molecule has 27 heavy (non-hydrogen) atoms. The first kappa shape index (κ1) is 19.6. The van der Waals surface area contributed by atoms with E-state index in [2.05, 4.69) is 0 Å². The van der Waals surface area contributed by atoms with Crippen molar-refractivity contribution < 1.29 is 17.9 Å². The summed E-state index contributed by atoms with van der Waals surface area (Å²) < 4.78 is 33.0. The molecule has 6 heteroatoms. The Bertz CT molecular complexity index is 878. The smallest absolute Gasteiger partial charge is 0.305 e. The van der Waals surface area contributed by atoms with E-state index in [0.717, 1.165) is 11.1 Å². The van der Waals surface area contributed by atoms with E-state index in [1.54, 1.807) is 16.4 Å². The minimum absolute atomic E-state index is 0.104. The van der Waals surface area contributed by atoms with Crippen LogP contribution in [0.2, 0.25) is 0 Å². The lowest BCUT2D eigenvalue weighted by Crippen LogP contribution is -2.41. The number of methoxy groups -OCH3 is 1. The molecule has 0 aromatic heterocycles. The van der Waals surface area contributed by atoms with Crippen molar-refractivity contribution >= 4 is 16.0 Å². The number of rotatable bonds is 5. The second-order valence-corrected chi connectivity index (χ2v) is 8.92. The maximum absolute atomic E-state index is 13.3. The Hall–Kier alpha value is -2.18. The summed E-state index contributed by atoms with van der Waals surface area (Å²) in [6.45, 7) is 2.32. The zero-order chi connectivity index (χ0) is 19.4. The summed E-state index contributed by atoms with van der Waals surface area (Å²) in [5.74, 6) is -0.145. The largest absolute Gasteiger partial charge is 0.469 e. The molecule has 1 fully saturated rings. The minimum Gasteiger partial charge on any atom is -0.469 e. The van der Waals surface area contributed by atoms with Gasteiger partial charge in [-0.15, -0.1) is 0 Å². The van der Waals surface area contributed by atoms with Gasteiger partial charge in [0.2, 0.25) is 10.0 Å². The SMILES string of the molecule is COC(=O)C[C@H]1CCN(S(=O)(=O)c2ccc(C)cc2)[C@@H](c2ccccc2)C1. The number of benzene rings is 2.